The zero-order chi connectivity index (χ0) is 99.4. The lowest BCUT2D eigenvalue weighted by molar-refractivity contribution is -0.238. The number of methoxy groups -OCH3 is 2. The first-order chi connectivity index (χ1) is 60.0. The molecular formula is C79H192N6O31SSi10. The number of nitrogens with one attached hydrogen (secondary N) is 2. The summed E-state index contributed by atoms with van der Waals surface area (Å²) in [6.07, 6.45) is 15.4. The number of ether oxygens (including phenoxy) is 5. The topological polar surface area (TPSA) is 436 Å². The van der Waals surface area contributed by atoms with Crippen LogP contribution in [0.2, 0.25) is 107 Å². The van der Waals surface area contributed by atoms with Crippen LogP contribution < -0.4 is 33.6 Å². The Morgan fingerprint density at radius 1 is 0.457 bits per heavy atom. The van der Waals surface area contributed by atoms with E-state index in [0.717, 1.165) is 150 Å². The van der Waals surface area contributed by atoms with Gasteiger partial charge in [-0.2, -0.15) is 17.5 Å². The third kappa shape index (κ3) is 81.2. The van der Waals surface area contributed by atoms with Crippen molar-refractivity contribution in [3.8, 4) is 0 Å². The molecule has 0 radical (unpaired) electrons. The molecule has 0 aromatic carbocycles. The van der Waals surface area contributed by atoms with Gasteiger partial charge in [0, 0.05) is 228 Å². The Labute approximate surface area is 788 Å². The van der Waals surface area contributed by atoms with Crippen molar-refractivity contribution in [2.75, 3.05) is 248 Å². The number of fused-ring (bicyclic) bond motifs is 1. The first-order valence-electron chi connectivity index (χ1n) is 43.4. The fourth-order valence-electron chi connectivity index (χ4n) is 10.6. The van der Waals surface area contributed by atoms with Gasteiger partial charge in [-0.3, -0.25) is 4.79 Å². The fourth-order valence-corrected chi connectivity index (χ4v) is 24.8. The number of esters is 1. The number of rotatable bonds is 67. The maximum absolute atomic E-state index is 11.2. The lowest BCUT2D eigenvalue weighted by atomic mass is 9.88. The SMILES string of the molecule is C=C(C)OC(=O)CCC[Si](C)(OC)OC.C=C(CC[Si](C)(OC)OC)OO.C=C(CC[Si](C)(OC)OC)OOC.COCCC(COC[SiH](C)OC)OC.CO[Si](C)(CCC1CCC2OC2C1)OC.CO[Si](C)(CCCN)OC.CO[Si](C)(CCCNCCN)OC.CO[Si](C)(CCCS)OC.CO[Si](CCCN)(OC)OC.CO[Si](CCCNCCN)(OC)OC. The van der Waals surface area contributed by atoms with E-state index < -0.39 is 86.6 Å². The highest BCUT2D eigenvalue weighted by Gasteiger charge is 2.45. The third-order valence-electron chi connectivity index (χ3n) is 21.2. The van der Waals surface area contributed by atoms with Gasteiger partial charge < -0.3 is 160 Å². The predicted molar refractivity (Wildman–Crippen MR) is 533 cm³/mol. The quantitative estimate of drug-likeness (QED) is 0.00410. The molecule has 37 nitrogen and oxygen atoms in total. The van der Waals surface area contributed by atoms with Crippen LogP contribution in [0.5, 0.6) is 0 Å². The van der Waals surface area contributed by atoms with Crippen LogP contribution in [0.15, 0.2) is 37.0 Å². The van der Waals surface area contributed by atoms with E-state index in [9.17, 15) is 4.79 Å². The number of hydrogen-bond acceptors (Lipinski definition) is 38. The van der Waals surface area contributed by atoms with Crippen LogP contribution in [0.4, 0.5) is 0 Å². The number of nitrogens with two attached hydrogens (primary N) is 4. The van der Waals surface area contributed by atoms with Gasteiger partial charge in [-0.25, -0.2) is 5.26 Å². The van der Waals surface area contributed by atoms with Gasteiger partial charge in [-0.15, -0.1) is 0 Å². The van der Waals surface area contributed by atoms with Gasteiger partial charge in [-0.1, -0.05) is 19.7 Å². The highest BCUT2D eigenvalue weighted by atomic mass is 32.1. The number of carbonyl (C=O) groups is 1. The highest BCUT2D eigenvalue weighted by Crippen LogP contribution is 2.42. The van der Waals surface area contributed by atoms with Crippen molar-refractivity contribution < 1.29 is 141 Å². The zero-order valence-electron chi connectivity index (χ0n) is 85.7. The van der Waals surface area contributed by atoms with Crippen LogP contribution in [0, 0.1) is 5.92 Å². The standard InChI is InChI=1S/C11H22O3Si.C10H20O4Si.C9H22O4Si.C8H22N2O3Si.C8H22N2O2Si.C8H18O4Si.C7H16O4Si.C6H17NO3Si.C6H17NO2Si.C6H16O2SSi/c1-12-15(3,13-2)7-6-9-4-5-10-11(8-9)14-10;1-9(2)14-10(11)7-6-8-15(5,12-3)13-4;1-10-6-5-9(11-2)7-13-8-14(4)12-3;1-11-14(12-2,13-3)8-4-6-10-7-5-9;1-11-13(3,12-2)8-4-6-10-7-5-9;1-8(12-9-2)6-7-13(5,10-3)11-4;1-7(11-8)5-6-12(4,9-2)10-3;1-8-11(9-2,10-3)6-4-5-7;1-8-10(3,9-2)6-4-5-7;1-7-10(3,8-2)6-4-5-9/h9-11H,4-8H2,1-3H3;1,6-8H2,2-5H3;9,14H,5-8H2,1-4H3;10H,4-9H2,1-3H3;10H,4-9H2,1-3H3;1,6-7H2,2-5H3;8H,1,5-6H2,2-4H3;4-7H2,1-3H3;4-7H2,1-3H3;9H,4-6H2,1-3H3. The van der Waals surface area contributed by atoms with E-state index in [1.807, 2.05) is 26.2 Å². The molecule has 1 heterocycles. The van der Waals surface area contributed by atoms with Crippen LogP contribution in [0.25, 0.3) is 0 Å². The molecule has 5 unspecified atom stereocenters. The summed E-state index contributed by atoms with van der Waals surface area (Å²) < 4.78 is 137. The average molecular weight is 2040 g/mol. The summed E-state index contributed by atoms with van der Waals surface area (Å²) in [4.78, 5) is 24.3. The lowest BCUT2D eigenvalue weighted by Crippen LogP contribution is -2.43. The van der Waals surface area contributed by atoms with Crippen molar-refractivity contribution >= 4 is 105 Å². The largest absolute Gasteiger partial charge is 0.500 e. The number of carbonyl (C=O) groups excluding carboxylic acids is 1. The molecule has 2 rings (SSSR count). The van der Waals surface area contributed by atoms with E-state index in [2.05, 4.69) is 79.0 Å². The number of hydrogen-bond donors (Lipinski definition) is 8. The maximum Gasteiger partial charge on any atom is 0.500 e. The number of allylic oxidation sites excluding steroid dienone is 3. The molecule has 1 saturated carbocycles. The monoisotopic (exact) mass is 2030 g/mol. The number of thiol groups is 1. The molecule has 0 aromatic rings. The molecule has 770 valence electrons. The van der Waals surface area contributed by atoms with Gasteiger partial charge >= 0.3 is 83.5 Å². The number of epoxide rings is 1. The van der Waals surface area contributed by atoms with Gasteiger partial charge in [0.15, 0.2) is 9.04 Å². The molecule has 2 fully saturated rings. The lowest BCUT2D eigenvalue weighted by Gasteiger charge is -2.26. The smallest absolute Gasteiger partial charge is 0.432 e. The second kappa shape index (κ2) is 90.6. The summed E-state index contributed by atoms with van der Waals surface area (Å²) in [6.45, 7) is 36.4. The van der Waals surface area contributed by atoms with Crippen molar-refractivity contribution in [3.05, 3.63) is 37.0 Å². The molecule has 2 aliphatic rings. The molecule has 0 amide bonds. The molecule has 0 spiro atoms. The molecule has 127 heavy (non-hydrogen) atoms. The Kier molecular flexibility index (Phi) is 101. The minimum absolute atomic E-state index is 0.132. The summed E-state index contributed by atoms with van der Waals surface area (Å²) in [5.74, 6) is 2.86. The van der Waals surface area contributed by atoms with Gasteiger partial charge in [0.05, 0.1) is 44.0 Å². The van der Waals surface area contributed by atoms with Gasteiger partial charge in [-0.05, 0) is 210 Å². The Morgan fingerprint density at radius 2 is 0.819 bits per heavy atom. The average Bonchev–Trinajstić information content (AvgIpc) is 1.66. The Morgan fingerprint density at radius 3 is 1.16 bits per heavy atom. The molecule has 5 atom stereocenters. The predicted octanol–water partition coefficient (Wildman–Crippen LogP) is 11.4. The summed E-state index contributed by atoms with van der Waals surface area (Å²) >= 11 is 4.12. The maximum atomic E-state index is 11.2. The zero-order valence-corrected chi connectivity index (χ0v) is 96.8. The molecular weight excluding hydrogens is 1840 g/mol. The van der Waals surface area contributed by atoms with Crippen molar-refractivity contribution in [1.82, 2.24) is 10.6 Å². The van der Waals surface area contributed by atoms with E-state index in [-0.39, 0.29) is 12.1 Å². The van der Waals surface area contributed by atoms with E-state index >= 15 is 0 Å². The third-order valence-corrected chi connectivity index (χ3v) is 49.3. The summed E-state index contributed by atoms with van der Waals surface area (Å²) in [5.41, 5.74) is 21.4. The van der Waals surface area contributed by atoms with E-state index in [1.54, 1.807) is 170 Å². The van der Waals surface area contributed by atoms with Crippen molar-refractivity contribution in [2.45, 2.75) is 222 Å². The summed E-state index contributed by atoms with van der Waals surface area (Å²) in [7, 11) is 20.9. The molecule has 0 bridgehead atoms. The van der Waals surface area contributed by atoms with Crippen LogP contribution in [-0.4, -0.2) is 364 Å². The Balaban J connectivity index is -0.000000207. The molecule has 0 aromatic heterocycles. The van der Waals surface area contributed by atoms with Crippen molar-refractivity contribution in [2.24, 2.45) is 28.9 Å². The molecule has 1 aliphatic heterocycles. The Hall–Kier alpha value is -0.511. The van der Waals surface area contributed by atoms with Crippen LogP contribution in [-0.2, 0) is 136 Å². The summed E-state index contributed by atoms with van der Waals surface area (Å²) in [5, 5.41) is 14.7. The van der Waals surface area contributed by atoms with E-state index in [4.69, 9.17) is 150 Å². The van der Waals surface area contributed by atoms with Gasteiger partial charge in [0.25, 0.3) is 0 Å². The second-order valence-corrected chi connectivity index (χ2v) is 64.5. The molecule has 11 N–H and O–H groups in total. The van der Waals surface area contributed by atoms with Gasteiger partial charge in [0.2, 0.25) is 0 Å². The normalized spacial score (nSPS) is 14.9. The van der Waals surface area contributed by atoms with Gasteiger partial charge in [0.1, 0.15) is 11.5 Å². The first-order valence-corrected chi connectivity index (χ1v) is 68.0. The molecule has 48 heteroatoms. The minimum atomic E-state index is -2.35. The van der Waals surface area contributed by atoms with Crippen molar-refractivity contribution in [3.63, 3.8) is 0 Å². The fraction of sp³-hybridized carbons (Fsp3) is 0.911. The van der Waals surface area contributed by atoms with Crippen LogP contribution >= 0.6 is 12.6 Å². The van der Waals surface area contributed by atoms with E-state index in [0.29, 0.717) is 81.6 Å². The Bertz CT molecular complexity index is 2400. The first kappa shape index (κ1) is 142. The van der Waals surface area contributed by atoms with Crippen LogP contribution in [0.1, 0.15) is 96.8 Å². The molecule has 1 saturated heterocycles. The molecule has 1 aliphatic carbocycles. The van der Waals surface area contributed by atoms with E-state index in [1.165, 1.54) is 32.8 Å². The van der Waals surface area contributed by atoms with Crippen LogP contribution in [0.3, 0.4) is 0 Å². The summed E-state index contributed by atoms with van der Waals surface area (Å²) in [6, 6.07) is 8.08. The van der Waals surface area contributed by atoms with Crippen molar-refractivity contribution in [1.29, 1.82) is 0 Å². The second-order valence-electron chi connectivity index (χ2n) is 30.4. The minimum Gasteiger partial charge on any atom is -0.432 e. The highest BCUT2D eigenvalue weighted by molar-refractivity contribution is 7.80.